The molecule has 0 atom stereocenters. The maximum absolute atomic E-state index is 11.1. The molecule has 0 aromatic carbocycles. The number of nitrogens with two attached hydrogens (primary N) is 1. The van der Waals surface area contributed by atoms with Crippen LogP contribution in [-0.2, 0) is 0 Å². The van der Waals surface area contributed by atoms with Crippen LogP contribution in [0, 0.1) is 0 Å². The number of aromatic nitrogens is 2. The summed E-state index contributed by atoms with van der Waals surface area (Å²) >= 11 is 1.37. The fraction of sp³-hybridized carbons (Fsp3) is 0.500. The summed E-state index contributed by atoms with van der Waals surface area (Å²) in [7, 11) is 0. The number of carbonyl (C=O) groups excluding carboxylic acids is 1. The summed E-state index contributed by atoms with van der Waals surface area (Å²) in [6, 6.07) is 0. The van der Waals surface area contributed by atoms with Crippen LogP contribution in [0.15, 0.2) is 11.2 Å². The normalized spacial score (nSPS) is 11.2. The van der Waals surface area contributed by atoms with Gasteiger partial charge in [0.25, 0.3) is 5.91 Å². The molecule has 0 saturated carbocycles. The summed E-state index contributed by atoms with van der Waals surface area (Å²) in [6.07, 6.45) is 3.30. The topological polar surface area (TPSA) is 80.9 Å². The van der Waals surface area contributed by atoms with Crippen LogP contribution in [0.3, 0.4) is 0 Å². The summed E-state index contributed by atoms with van der Waals surface area (Å²) in [5.41, 5.74) is 5.45. The molecule has 0 radical (unpaired) electrons. The zero-order valence-electron chi connectivity index (χ0n) is 9.87. The smallest absolute Gasteiger partial charge is 0.253 e. The minimum absolute atomic E-state index is 0.121. The van der Waals surface area contributed by atoms with Crippen molar-refractivity contribution in [3.8, 4) is 0 Å². The highest BCUT2D eigenvalue weighted by Gasteiger charge is 2.15. The lowest BCUT2D eigenvalue weighted by atomic mass is 10.1. The number of thioether (sulfide) groups is 1. The summed E-state index contributed by atoms with van der Waals surface area (Å²) < 4.78 is 0. The van der Waals surface area contributed by atoms with Gasteiger partial charge >= 0.3 is 0 Å². The number of carbonyl (C=O) groups is 1. The summed E-state index contributed by atoms with van der Waals surface area (Å²) in [5, 5.41) is 3.73. The van der Waals surface area contributed by atoms with Crippen molar-refractivity contribution < 1.29 is 4.79 Å². The molecule has 0 fully saturated rings. The second-order valence-electron chi connectivity index (χ2n) is 4.36. The molecular formula is C10H16N4OS. The Morgan fingerprint density at radius 3 is 2.56 bits per heavy atom. The molecule has 0 spiro atoms. The minimum atomic E-state index is -0.508. The monoisotopic (exact) mass is 240 g/mol. The largest absolute Gasteiger partial charge is 0.365 e. The Kier molecular flexibility index (Phi) is 3.74. The Morgan fingerprint density at radius 2 is 2.12 bits per heavy atom. The first-order valence-corrected chi connectivity index (χ1v) is 6.05. The predicted molar refractivity (Wildman–Crippen MR) is 65.7 cm³/mol. The fourth-order valence-corrected chi connectivity index (χ4v) is 1.64. The van der Waals surface area contributed by atoms with E-state index in [1.54, 1.807) is 0 Å². The maximum Gasteiger partial charge on any atom is 0.253 e. The summed E-state index contributed by atoms with van der Waals surface area (Å²) in [6.45, 7) is 6.03. The van der Waals surface area contributed by atoms with Crippen molar-refractivity contribution in [1.29, 1.82) is 0 Å². The third-order valence-electron chi connectivity index (χ3n) is 1.70. The quantitative estimate of drug-likeness (QED) is 0.618. The maximum atomic E-state index is 11.1. The lowest BCUT2D eigenvalue weighted by molar-refractivity contribution is 0.0996. The van der Waals surface area contributed by atoms with E-state index >= 15 is 0 Å². The number of rotatable bonds is 3. The SMILES string of the molecule is CSc1nc(NC(C)(C)C)ncc1C(N)=O. The Morgan fingerprint density at radius 1 is 1.50 bits per heavy atom. The van der Waals surface area contributed by atoms with Crippen LogP contribution in [0.25, 0.3) is 0 Å². The van der Waals surface area contributed by atoms with E-state index in [-0.39, 0.29) is 5.54 Å². The second-order valence-corrected chi connectivity index (χ2v) is 5.15. The number of hydrogen-bond donors (Lipinski definition) is 2. The van der Waals surface area contributed by atoms with E-state index in [0.717, 1.165) is 0 Å². The van der Waals surface area contributed by atoms with Gasteiger partial charge in [0.15, 0.2) is 0 Å². The third kappa shape index (κ3) is 3.37. The average molecular weight is 240 g/mol. The Bertz CT molecular complexity index is 400. The Balaban J connectivity index is 3.05. The van der Waals surface area contributed by atoms with E-state index in [2.05, 4.69) is 15.3 Å². The molecule has 1 aromatic rings. The molecular weight excluding hydrogens is 224 g/mol. The first kappa shape index (κ1) is 12.8. The van der Waals surface area contributed by atoms with E-state index < -0.39 is 5.91 Å². The van der Waals surface area contributed by atoms with Gasteiger partial charge in [-0.25, -0.2) is 9.97 Å². The molecule has 1 aromatic heterocycles. The second kappa shape index (κ2) is 4.69. The number of nitrogens with zero attached hydrogens (tertiary/aromatic N) is 2. The van der Waals surface area contributed by atoms with Crippen LogP contribution in [0.2, 0.25) is 0 Å². The highest BCUT2D eigenvalue weighted by molar-refractivity contribution is 7.98. The number of anilines is 1. The van der Waals surface area contributed by atoms with Gasteiger partial charge in [-0.3, -0.25) is 4.79 Å². The van der Waals surface area contributed by atoms with E-state index in [4.69, 9.17) is 5.73 Å². The van der Waals surface area contributed by atoms with Crippen molar-refractivity contribution in [2.24, 2.45) is 5.73 Å². The van der Waals surface area contributed by atoms with Crippen LogP contribution < -0.4 is 11.1 Å². The minimum Gasteiger partial charge on any atom is -0.365 e. The van der Waals surface area contributed by atoms with E-state index in [9.17, 15) is 4.79 Å². The van der Waals surface area contributed by atoms with Crippen LogP contribution in [0.1, 0.15) is 31.1 Å². The Hall–Kier alpha value is -1.30. The molecule has 5 nitrogen and oxygen atoms in total. The van der Waals surface area contributed by atoms with Gasteiger partial charge in [0.05, 0.1) is 5.56 Å². The molecule has 16 heavy (non-hydrogen) atoms. The van der Waals surface area contributed by atoms with Gasteiger partial charge in [0.2, 0.25) is 5.95 Å². The highest BCUT2D eigenvalue weighted by atomic mass is 32.2. The lowest BCUT2D eigenvalue weighted by Crippen LogP contribution is -2.27. The lowest BCUT2D eigenvalue weighted by Gasteiger charge is -2.20. The van der Waals surface area contributed by atoms with Crippen molar-refractivity contribution in [1.82, 2.24) is 9.97 Å². The molecule has 0 saturated heterocycles. The molecule has 1 heterocycles. The number of nitrogens with one attached hydrogen (secondary N) is 1. The Labute approximate surface area is 99.2 Å². The first-order chi connectivity index (χ1) is 7.33. The van der Waals surface area contributed by atoms with Crippen LogP contribution in [0.5, 0.6) is 0 Å². The fourth-order valence-electron chi connectivity index (χ4n) is 1.09. The molecule has 3 N–H and O–H groups in total. The molecule has 1 amide bonds. The third-order valence-corrected chi connectivity index (χ3v) is 2.40. The van der Waals surface area contributed by atoms with Crippen LogP contribution in [-0.4, -0.2) is 27.7 Å². The zero-order valence-corrected chi connectivity index (χ0v) is 10.7. The van der Waals surface area contributed by atoms with Gasteiger partial charge in [0, 0.05) is 11.7 Å². The molecule has 6 heteroatoms. The summed E-state index contributed by atoms with van der Waals surface area (Å²) in [4.78, 5) is 19.4. The van der Waals surface area contributed by atoms with Gasteiger partial charge in [0.1, 0.15) is 5.03 Å². The average Bonchev–Trinajstić information content (AvgIpc) is 2.14. The molecule has 88 valence electrons. The van der Waals surface area contributed by atoms with E-state index in [0.29, 0.717) is 16.5 Å². The highest BCUT2D eigenvalue weighted by Crippen LogP contribution is 2.19. The van der Waals surface area contributed by atoms with Crippen molar-refractivity contribution in [3.63, 3.8) is 0 Å². The molecule has 0 unspecified atom stereocenters. The van der Waals surface area contributed by atoms with E-state index in [1.807, 2.05) is 27.0 Å². The number of hydrogen-bond acceptors (Lipinski definition) is 5. The van der Waals surface area contributed by atoms with Crippen LogP contribution in [0.4, 0.5) is 5.95 Å². The summed E-state index contributed by atoms with van der Waals surface area (Å²) in [5.74, 6) is -0.00601. The number of amides is 1. The molecule has 0 aliphatic heterocycles. The zero-order chi connectivity index (χ0) is 12.3. The van der Waals surface area contributed by atoms with Gasteiger partial charge < -0.3 is 11.1 Å². The van der Waals surface area contributed by atoms with Crippen molar-refractivity contribution >= 4 is 23.6 Å². The van der Waals surface area contributed by atoms with Crippen molar-refractivity contribution in [3.05, 3.63) is 11.8 Å². The van der Waals surface area contributed by atoms with E-state index in [1.165, 1.54) is 18.0 Å². The molecule has 0 aliphatic rings. The molecule has 1 rings (SSSR count). The predicted octanol–water partition coefficient (Wildman–Crippen LogP) is 1.51. The standard InChI is InChI=1S/C10H16N4OS/c1-10(2,3)14-9-12-5-6(7(11)15)8(13-9)16-4/h5H,1-4H3,(H2,11,15)(H,12,13,14). The van der Waals surface area contributed by atoms with Gasteiger partial charge in [-0.1, -0.05) is 0 Å². The van der Waals surface area contributed by atoms with Crippen molar-refractivity contribution in [2.75, 3.05) is 11.6 Å². The van der Waals surface area contributed by atoms with Gasteiger partial charge in [-0.15, -0.1) is 11.8 Å². The molecule has 0 bridgehead atoms. The first-order valence-electron chi connectivity index (χ1n) is 4.82. The van der Waals surface area contributed by atoms with Crippen molar-refractivity contribution in [2.45, 2.75) is 31.3 Å². The van der Waals surface area contributed by atoms with Gasteiger partial charge in [-0.05, 0) is 27.0 Å². The van der Waals surface area contributed by atoms with Crippen LogP contribution >= 0.6 is 11.8 Å². The molecule has 0 aliphatic carbocycles. The van der Waals surface area contributed by atoms with Gasteiger partial charge in [-0.2, -0.15) is 0 Å². The number of primary amides is 1.